The highest BCUT2D eigenvalue weighted by molar-refractivity contribution is 6.02. The third kappa shape index (κ3) is 5.62. The summed E-state index contributed by atoms with van der Waals surface area (Å²) >= 11 is 0. The van der Waals surface area contributed by atoms with Crippen LogP contribution in [0, 0.1) is 11.8 Å². The lowest BCUT2D eigenvalue weighted by molar-refractivity contribution is -0.0135. The second-order valence-corrected chi connectivity index (χ2v) is 9.75. The molecule has 0 atom stereocenters. The van der Waals surface area contributed by atoms with Crippen molar-refractivity contribution >= 4 is 16.7 Å². The number of ether oxygens (including phenoxy) is 2. The van der Waals surface area contributed by atoms with Crippen LogP contribution < -0.4 is 15.2 Å². The summed E-state index contributed by atoms with van der Waals surface area (Å²) in [7, 11) is 0. The Balaban J connectivity index is 2.03. The lowest BCUT2D eigenvalue weighted by atomic mass is 9.80. The van der Waals surface area contributed by atoms with E-state index in [0.29, 0.717) is 25.3 Å². The molecule has 0 bridgehead atoms. The van der Waals surface area contributed by atoms with Gasteiger partial charge in [-0.05, 0) is 59.7 Å². The Labute approximate surface area is 209 Å². The highest BCUT2D eigenvalue weighted by atomic mass is 16.5. The van der Waals surface area contributed by atoms with Crippen molar-refractivity contribution in [3.05, 3.63) is 71.3 Å². The number of hydrogen-bond acceptors (Lipinski definition) is 4. The zero-order valence-electron chi connectivity index (χ0n) is 21.6. The van der Waals surface area contributed by atoms with E-state index in [-0.39, 0.29) is 17.4 Å². The molecule has 0 aliphatic heterocycles. The molecule has 0 fully saturated rings. The summed E-state index contributed by atoms with van der Waals surface area (Å²) < 4.78 is 12.8. The van der Waals surface area contributed by atoms with Crippen LogP contribution in [0.4, 0.5) is 0 Å². The van der Waals surface area contributed by atoms with E-state index in [1.54, 1.807) is 0 Å². The minimum absolute atomic E-state index is 0.0967. The summed E-state index contributed by atoms with van der Waals surface area (Å²) in [6.07, 6.45) is 2.38. The van der Waals surface area contributed by atoms with Gasteiger partial charge in [0.2, 0.25) is 0 Å². The van der Waals surface area contributed by atoms with Crippen LogP contribution in [-0.4, -0.2) is 29.8 Å². The van der Waals surface area contributed by atoms with E-state index >= 15 is 0 Å². The van der Waals surface area contributed by atoms with Crippen molar-refractivity contribution in [2.45, 2.75) is 59.5 Å². The monoisotopic (exact) mass is 477 g/mol. The molecule has 0 saturated heterocycles. The number of benzene rings is 3. The molecule has 0 aliphatic rings. The van der Waals surface area contributed by atoms with Gasteiger partial charge in [0, 0.05) is 11.9 Å². The highest BCUT2D eigenvalue weighted by Gasteiger charge is 2.39. The minimum Gasteiger partial charge on any atom is -0.493 e. The SMILES string of the molecule is CCc1c(C(=O)O)c(OC(CN)(C(C)C)C(C)C)cc2c(OCCCc3ccccc3)cccc12. The van der Waals surface area contributed by atoms with Gasteiger partial charge < -0.3 is 20.3 Å². The fourth-order valence-electron chi connectivity index (χ4n) is 4.97. The van der Waals surface area contributed by atoms with Gasteiger partial charge in [-0.1, -0.05) is 77.1 Å². The third-order valence-electron chi connectivity index (χ3n) is 7.07. The van der Waals surface area contributed by atoms with Crippen LogP contribution in [0.15, 0.2) is 54.6 Å². The first kappa shape index (κ1) is 26.6. The molecule has 0 unspecified atom stereocenters. The van der Waals surface area contributed by atoms with Crippen LogP contribution in [0.25, 0.3) is 10.8 Å². The van der Waals surface area contributed by atoms with E-state index in [4.69, 9.17) is 15.2 Å². The number of carbonyl (C=O) groups is 1. The molecular weight excluding hydrogens is 438 g/mol. The molecule has 188 valence electrons. The predicted molar refractivity (Wildman–Crippen MR) is 143 cm³/mol. The molecule has 35 heavy (non-hydrogen) atoms. The molecule has 0 saturated carbocycles. The van der Waals surface area contributed by atoms with Crippen LogP contribution in [0.3, 0.4) is 0 Å². The van der Waals surface area contributed by atoms with Crippen molar-refractivity contribution in [1.82, 2.24) is 0 Å². The average molecular weight is 478 g/mol. The quantitative estimate of drug-likeness (QED) is 0.291. The number of rotatable bonds is 12. The Morgan fingerprint density at radius 3 is 2.23 bits per heavy atom. The Kier molecular flexibility index (Phi) is 8.79. The van der Waals surface area contributed by atoms with E-state index in [1.807, 2.05) is 49.4 Å². The van der Waals surface area contributed by atoms with Gasteiger partial charge in [0.1, 0.15) is 22.7 Å². The van der Waals surface area contributed by atoms with Gasteiger partial charge in [0.15, 0.2) is 0 Å². The van der Waals surface area contributed by atoms with Gasteiger partial charge in [-0.15, -0.1) is 0 Å². The first-order valence-electron chi connectivity index (χ1n) is 12.6. The maximum absolute atomic E-state index is 12.4. The maximum Gasteiger partial charge on any atom is 0.339 e. The molecule has 0 aromatic heterocycles. The number of carboxylic acid groups (broad SMARTS) is 1. The van der Waals surface area contributed by atoms with E-state index in [2.05, 4.69) is 39.8 Å². The molecule has 3 aromatic rings. The Bertz CT molecular complexity index is 1130. The van der Waals surface area contributed by atoms with Gasteiger partial charge >= 0.3 is 5.97 Å². The van der Waals surface area contributed by atoms with Crippen molar-refractivity contribution in [1.29, 1.82) is 0 Å². The summed E-state index contributed by atoms with van der Waals surface area (Å²) in [4.78, 5) is 12.4. The molecule has 5 nitrogen and oxygen atoms in total. The molecule has 3 aromatic carbocycles. The van der Waals surface area contributed by atoms with E-state index in [0.717, 1.165) is 34.9 Å². The Morgan fingerprint density at radius 2 is 1.66 bits per heavy atom. The first-order valence-corrected chi connectivity index (χ1v) is 12.6. The van der Waals surface area contributed by atoms with Crippen molar-refractivity contribution in [2.75, 3.05) is 13.2 Å². The van der Waals surface area contributed by atoms with Gasteiger partial charge in [-0.3, -0.25) is 0 Å². The summed E-state index contributed by atoms with van der Waals surface area (Å²) in [5, 5.41) is 11.9. The highest BCUT2D eigenvalue weighted by Crippen LogP contribution is 2.40. The van der Waals surface area contributed by atoms with Crippen LogP contribution in [0.2, 0.25) is 0 Å². The van der Waals surface area contributed by atoms with Crippen molar-refractivity contribution < 1.29 is 19.4 Å². The largest absolute Gasteiger partial charge is 0.493 e. The summed E-state index contributed by atoms with van der Waals surface area (Å²) in [5.74, 6) is 0.291. The van der Waals surface area contributed by atoms with E-state index in [1.165, 1.54) is 5.56 Å². The molecule has 5 heteroatoms. The van der Waals surface area contributed by atoms with Crippen molar-refractivity contribution in [3.8, 4) is 11.5 Å². The molecule has 3 N–H and O–H groups in total. The fourth-order valence-corrected chi connectivity index (χ4v) is 4.97. The maximum atomic E-state index is 12.4. The predicted octanol–water partition coefficient (Wildman–Crippen LogP) is 6.50. The Hall–Kier alpha value is -3.05. The lowest BCUT2D eigenvalue weighted by Crippen LogP contribution is -2.52. The van der Waals surface area contributed by atoms with Gasteiger partial charge in [0.25, 0.3) is 0 Å². The van der Waals surface area contributed by atoms with E-state index in [9.17, 15) is 9.90 Å². The smallest absolute Gasteiger partial charge is 0.339 e. The number of carboxylic acids is 1. The second-order valence-electron chi connectivity index (χ2n) is 9.75. The Morgan fingerprint density at radius 1 is 0.971 bits per heavy atom. The molecule has 0 amide bonds. The number of nitrogens with two attached hydrogens (primary N) is 1. The zero-order chi connectivity index (χ0) is 25.6. The van der Waals surface area contributed by atoms with Crippen LogP contribution in [0.1, 0.15) is 62.5 Å². The van der Waals surface area contributed by atoms with Gasteiger partial charge in [-0.25, -0.2) is 4.79 Å². The molecular formula is C30H39NO4. The van der Waals surface area contributed by atoms with Crippen molar-refractivity contribution in [3.63, 3.8) is 0 Å². The summed E-state index contributed by atoms with van der Waals surface area (Å²) in [6.45, 7) is 11.1. The number of hydrogen-bond donors (Lipinski definition) is 2. The van der Waals surface area contributed by atoms with Crippen LogP contribution in [-0.2, 0) is 12.8 Å². The third-order valence-corrected chi connectivity index (χ3v) is 7.07. The van der Waals surface area contributed by atoms with Crippen LogP contribution >= 0.6 is 0 Å². The molecule has 0 aliphatic carbocycles. The van der Waals surface area contributed by atoms with Crippen LogP contribution in [0.5, 0.6) is 11.5 Å². The van der Waals surface area contributed by atoms with Gasteiger partial charge in [0.05, 0.1) is 6.61 Å². The van der Waals surface area contributed by atoms with Gasteiger partial charge in [-0.2, -0.15) is 0 Å². The summed E-state index contributed by atoms with van der Waals surface area (Å²) in [6, 6.07) is 18.0. The molecule has 0 spiro atoms. The average Bonchev–Trinajstić information content (AvgIpc) is 2.84. The number of aromatic carboxylic acids is 1. The standard InChI is InChI=1S/C30H39NO4/c1-6-23-24-15-10-16-26(34-17-11-14-22-12-8-7-9-13-22)25(24)18-27(28(23)29(32)33)35-30(19-31,20(2)3)21(4)5/h7-10,12-13,15-16,18,20-21H,6,11,14,17,19,31H2,1-5H3,(H,32,33). The molecule has 3 rings (SSSR count). The number of fused-ring (bicyclic) bond motifs is 1. The lowest BCUT2D eigenvalue weighted by Gasteiger charge is -2.41. The first-order chi connectivity index (χ1) is 16.7. The van der Waals surface area contributed by atoms with Crippen molar-refractivity contribution in [2.24, 2.45) is 17.6 Å². The second kappa shape index (κ2) is 11.6. The molecule has 0 heterocycles. The topological polar surface area (TPSA) is 81.8 Å². The fraction of sp³-hybridized carbons (Fsp3) is 0.433. The molecule has 0 radical (unpaired) electrons. The zero-order valence-corrected chi connectivity index (χ0v) is 21.6. The minimum atomic E-state index is -0.994. The number of aryl methyl sites for hydroxylation is 2. The summed E-state index contributed by atoms with van der Waals surface area (Å²) in [5.41, 5.74) is 7.78. The van der Waals surface area contributed by atoms with E-state index < -0.39 is 11.6 Å². The normalized spacial score (nSPS) is 11.9.